The maximum absolute atomic E-state index is 12.8. The molecule has 4 heterocycles. The molecule has 1 aliphatic carbocycles. The highest BCUT2D eigenvalue weighted by Crippen LogP contribution is 2.58. The van der Waals surface area contributed by atoms with Crippen molar-refractivity contribution in [2.24, 2.45) is 11.8 Å². The number of hydrogen-bond donors (Lipinski definition) is 1. The molecule has 3 saturated heterocycles. The van der Waals surface area contributed by atoms with E-state index in [4.69, 9.17) is 0 Å². The Morgan fingerprint density at radius 3 is 2.73 bits per heavy atom. The second kappa shape index (κ2) is 4.45. The number of hydrogen-bond acceptors (Lipinski definition) is 2. The Bertz CT molecular complexity index is 702. The molecule has 2 aromatic rings. The molecule has 3 heteroatoms. The van der Waals surface area contributed by atoms with E-state index in [9.17, 15) is 4.79 Å². The smallest absolute Gasteiger partial charge is 0.179 e. The first-order chi connectivity index (χ1) is 10.8. The number of nitrogens with one attached hydrogen (secondary N) is 1. The third-order valence-corrected chi connectivity index (χ3v) is 6.43. The van der Waals surface area contributed by atoms with E-state index in [1.807, 2.05) is 24.3 Å². The van der Waals surface area contributed by atoms with Crippen LogP contribution in [-0.4, -0.2) is 34.3 Å². The van der Waals surface area contributed by atoms with Crippen molar-refractivity contribution in [2.45, 2.75) is 37.6 Å². The van der Waals surface area contributed by atoms with Crippen molar-refractivity contribution in [1.29, 1.82) is 0 Å². The fourth-order valence-electron chi connectivity index (χ4n) is 5.13. The number of aromatic nitrogens is 1. The molecule has 2 bridgehead atoms. The van der Waals surface area contributed by atoms with E-state index in [-0.39, 0.29) is 0 Å². The molecule has 114 valence electrons. The van der Waals surface area contributed by atoms with Crippen molar-refractivity contribution in [2.75, 3.05) is 13.1 Å². The maximum Gasteiger partial charge on any atom is 0.179 e. The average molecular weight is 294 g/mol. The number of Topliss-reactive ketones (excluding diaryl/α,β-unsaturated/α-hetero) is 1. The van der Waals surface area contributed by atoms with Crippen molar-refractivity contribution in [3.05, 3.63) is 36.0 Å². The highest BCUT2D eigenvalue weighted by atomic mass is 16.1. The summed E-state index contributed by atoms with van der Waals surface area (Å²) < 4.78 is 0. The SMILES string of the molecule is O=C(C[C@@H]1C2CCN(CC2)C12CC2)c1cc2ccccc2[nH]1. The van der Waals surface area contributed by atoms with Gasteiger partial charge in [-0.15, -0.1) is 0 Å². The van der Waals surface area contributed by atoms with Gasteiger partial charge in [0.05, 0.1) is 5.69 Å². The molecule has 3 aliphatic heterocycles. The van der Waals surface area contributed by atoms with Gasteiger partial charge in [0.25, 0.3) is 0 Å². The number of ketones is 1. The van der Waals surface area contributed by atoms with Gasteiger partial charge in [0, 0.05) is 22.9 Å². The van der Waals surface area contributed by atoms with E-state index in [1.165, 1.54) is 38.8 Å². The molecule has 6 rings (SSSR count). The van der Waals surface area contributed by atoms with E-state index in [2.05, 4.69) is 16.0 Å². The Labute approximate surface area is 130 Å². The first-order valence-corrected chi connectivity index (χ1v) is 8.62. The fraction of sp³-hybridized carbons (Fsp3) is 0.526. The van der Waals surface area contributed by atoms with Crippen LogP contribution in [0.5, 0.6) is 0 Å². The van der Waals surface area contributed by atoms with Crippen molar-refractivity contribution in [3.8, 4) is 0 Å². The van der Waals surface area contributed by atoms with Crippen LogP contribution in [0.1, 0.15) is 42.6 Å². The minimum atomic E-state index is 0.307. The number of piperidine rings is 3. The first kappa shape index (κ1) is 12.9. The lowest BCUT2D eigenvalue weighted by Crippen LogP contribution is -2.57. The molecule has 1 atom stereocenters. The van der Waals surface area contributed by atoms with E-state index < -0.39 is 0 Å². The number of nitrogens with zero attached hydrogens (tertiary/aromatic N) is 1. The lowest BCUT2D eigenvalue weighted by molar-refractivity contribution is -0.0274. The summed E-state index contributed by atoms with van der Waals surface area (Å²) in [4.78, 5) is 18.8. The lowest BCUT2D eigenvalue weighted by Gasteiger charge is -2.52. The van der Waals surface area contributed by atoms with Crippen LogP contribution in [0.3, 0.4) is 0 Å². The van der Waals surface area contributed by atoms with E-state index in [0.717, 1.165) is 28.9 Å². The molecule has 3 nitrogen and oxygen atoms in total. The van der Waals surface area contributed by atoms with Crippen molar-refractivity contribution < 1.29 is 4.79 Å². The molecule has 1 aromatic carbocycles. The van der Waals surface area contributed by atoms with Gasteiger partial charge in [-0.3, -0.25) is 9.69 Å². The Morgan fingerprint density at radius 2 is 2.00 bits per heavy atom. The molecule has 0 amide bonds. The Kier molecular flexibility index (Phi) is 2.61. The van der Waals surface area contributed by atoms with Crippen LogP contribution in [0.25, 0.3) is 10.9 Å². The number of rotatable bonds is 3. The third kappa shape index (κ3) is 1.75. The van der Waals surface area contributed by atoms with Crippen LogP contribution in [0.15, 0.2) is 30.3 Å². The zero-order valence-electron chi connectivity index (χ0n) is 12.8. The van der Waals surface area contributed by atoms with E-state index >= 15 is 0 Å². The van der Waals surface area contributed by atoms with Crippen molar-refractivity contribution in [3.63, 3.8) is 0 Å². The summed E-state index contributed by atoms with van der Waals surface area (Å²) in [5, 5.41) is 1.14. The Hall–Kier alpha value is -1.61. The van der Waals surface area contributed by atoms with Gasteiger partial charge in [-0.25, -0.2) is 0 Å². The van der Waals surface area contributed by atoms with Gasteiger partial charge < -0.3 is 4.98 Å². The molecular weight excluding hydrogens is 272 g/mol. The number of H-pyrrole nitrogens is 1. The molecule has 1 N–H and O–H groups in total. The highest BCUT2D eigenvalue weighted by Gasteiger charge is 2.60. The largest absolute Gasteiger partial charge is 0.352 e. The summed E-state index contributed by atoms with van der Waals surface area (Å²) in [5.74, 6) is 1.68. The Balaban J connectivity index is 1.42. The van der Waals surface area contributed by atoms with Gasteiger partial charge in [0.1, 0.15) is 0 Å². The number of benzene rings is 1. The predicted molar refractivity (Wildman–Crippen MR) is 87.0 cm³/mol. The van der Waals surface area contributed by atoms with Crippen LogP contribution in [0.4, 0.5) is 0 Å². The van der Waals surface area contributed by atoms with Crippen LogP contribution in [-0.2, 0) is 0 Å². The van der Waals surface area contributed by atoms with Gasteiger partial charge in [-0.05, 0) is 62.7 Å². The summed E-state index contributed by atoms with van der Waals surface area (Å²) in [6, 6.07) is 10.2. The molecule has 22 heavy (non-hydrogen) atoms. The van der Waals surface area contributed by atoms with Gasteiger partial charge in [-0.2, -0.15) is 0 Å². The summed E-state index contributed by atoms with van der Waals surface area (Å²) in [6.07, 6.45) is 5.95. The summed E-state index contributed by atoms with van der Waals surface area (Å²) in [6.45, 7) is 2.53. The molecule has 4 aliphatic rings. The van der Waals surface area contributed by atoms with Crippen LogP contribution in [0, 0.1) is 11.8 Å². The number of para-hydroxylation sites is 1. The van der Waals surface area contributed by atoms with Crippen LogP contribution < -0.4 is 0 Å². The molecule has 0 radical (unpaired) electrons. The maximum atomic E-state index is 12.8. The molecule has 1 spiro atoms. The number of carbonyl (C=O) groups is 1. The standard InChI is InChI=1S/C19H22N2O/c22-18(17-11-14-3-1-2-4-16(14)20-17)12-15-13-5-9-21(10-6-13)19(15)7-8-19/h1-4,11,13,15,20H,5-10,12H2/t15-/m1/s1. The molecular formula is C19H22N2O. The zero-order valence-corrected chi connectivity index (χ0v) is 12.8. The topological polar surface area (TPSA) is 36.1 Å². The number of aromatic amines is 1. The normalized spacial score (nSPS) is 31.7. The van der Waals surface area contributed by atoms with Gasteiger partial charge in [-0.1, -0.05) is 18.2 Å². The van der Waals surface area contributed by atoms with Gasteiger partial charge in [0.15, 0.2) is 5.78 Å². The summed E-state index contributed by atoms with van der Waals surface area (Å²) in [7, 11) is 0. The quantitative estimate of drug-likeness (QED) is 0.878. The second-order valence-electron chi connectivity index (χ2n) is 7.43. The number of carbonyl (C=O) groups excluding carboxylic acids is 1. The Morgan fingerprint density at radius 1 is 1.23 bits per heavy atom. The zero-order chi connectivity index (χ0) is 14.7. The monoisotopic (exact) mass is 294 g/mol. The third-order valence-electron chi connectivity index (χ3n) is 6.43. The minimum Gasteiger partial charge on any atom is -0.352 e. The summed E-state index contributed by atoms with van der Waals surface area (Å²) in [5.41, 5.74) is 2.28. The van der Waals surface area contributed by atoms with E-state index in [1.54, 1.807) is 0 Å². The highest BCUT2D eigenvalue weighted by molar-refractivity contribution is 5.99. The van der Waals surface area contributed by atoms with Crippen LogP contribution >= 0.6 is 0 Å². The van der Waals surface area contributed by atoms with Crippen molar-refractivity contribution in [1.82, 2.24) is 9.88 Å². The molecule has 0 unspecified atom stereocenters. The van der Waals surface area contributed by atoms with E-state index in [0.29, 0.717) is 17.2 Å². The van der Waals surface area contributed by atoms with Gasteiger partial charge in [0.2, 0.25) is 0 Å². The lowest BCUT2D eigenvalue weighted by atomic mass is 9.70. The second-order valence-corrected chi connectivity index (χ2v) is 7.43. The summed E-state index contributed by atoms with van der Waals surface area (Å²) >= 11 is 0. The molecule has 4 fully saturated rings. The average Bonchev–Trinajstić information content (AvgIpc) is 3.20. The molecule has 1 saturated carbocycles. The number of fused-ring (bicyclic) bond motifs is 3. The predicted octanol–water partition coefficient (Wildman–Crippen LogP) is 3.62. The van der Waals surface area contributed by atoms with Crippen LogP contribution in [0.2, 0.25) is 0 Å². The molecule has 1 aromatic heterocycles. The minimum absolute atomic E-state index is 0.307. The fourth-order valence-corrected chi connectivity index (χ4v) is 5.13. The van der Waals surface area contributed by atoms with Crippen molar-refractivity contribution >= 4 is 16.7 Å². The first-order valence-electron chi connectivity index (χ1n) is 8.62. The van der Waals surface area contributed by atoms with Gasteiger partial charge >= 0.3 is 0 Å².